The van der Waals surface area contributed by atoms with Gasteiger partial charge in [0, 0.05) is 0 Å². The van der Waals surface area contributed by atoms with Crippen LogP contribution in [0.4, 0.5) is 4.79 Å². The highest BCUT2D eigenvalue weighted by molar-refractivity contribution is 5.71. The molecule has 2 aromatic carbocycles. The molecule has 132 valence electrons. The van der Waals surface area contributed by atoms with Crippen LogP contribution in [-0.4, -0.2) is 16.8 Å². The van der Waals surface area contributed by atoms with Gasteiger partial charge in [-0.3, -0.25) is 0 Å². The monoisotopic (exact) mass is 339 g/mol. The number of hydrogen-bond acceptors (Lipinski definition) is 3. The van der Waals surface area contributed by atoms with E-state index in [1.807, 2.05) is 51.1 Å². The highest BCUT2D eigenvalue weighted by atomic mass is 16.6. The van der Waals surface area contributed by atoms with Crippen molar-refractivity contribution in [3.8, 4) is 11.1 Å². The predicted octanol–water partition coefficient (Wildman–Crippen LogP) is 4.36. The fraction of sp³-hybridized carbons (Fsp3) is 0.381. The quantitative estimate of drug-likeness (QED) is 0.870. The highest BCUT2D eigenvalue weighted by Crippen LogP contribution is 2.46. The normalized spacial score (nSPS) is 15.5. The van der Waals surface area contributed by atoms with Gasteiger partial charge in [0.1, 0.15) is 5.60 Å². The molecule has 25 heavy (non-hydrogen) atoms. The first-order chi connectivity index (χ1) is 11.8. The van der Waals surface area contributed by atoms with Gasteiger partial charge in [-0.05, 0) is 61.9 Å². The SMILES string of the molecule is CC(C)(C)OC(=O)NC1(c2cccc(-c3ccc(CO)cc3)c2)CC1. The molecule has 0 heterocycles. The second-order valence-electron chi connectivity index (χ2n) is 7.64. The number of nitrogens with one attached hydrogen (secondary N) is 1. The molecule has 0 aromatic heterocycles. The lowest BCUT2D eigenvalue weighted by Crippen LogP contribution is -2.39. The number of alkyl carbamates (subject to hydrolysis) is 1. The zero-order valence-electron chi connectivity index (χ0n) is 15.0. The third kappa shape index (κ3) is 4.20. The maximum Gasteiger partial charge on any atom is 0.408 e. The molecule has 1 aliphatic rings. The number of aliphatic hydroxyl groups is 1. The van der Waals surface area contributed by atoms with E-state index in [-0.39, 0.29) is 18.2 Å². The Kier molecular flexibility index (Phi) is 4.56. The van der Waals surface area contributed by atoms with Crippen LogP contribution in [0.1, 0.15) is 44.7 Å². The summed E-state index contributed by atoms with van der Waals surface area (Å²) in [4.78, 5) is 12.2. The van der Waals surface area contributed by atoms with Crippen LogP contribution in [-0.2, 0) is 16.9 Å². The lowest BCUT2D eigenvalue weighted by Gasteiger charge is -2.24. The average Bonchev–Trinajstić information content (AvgIpc) is 3.34. The molecule has 4 nitrogen and oxygen atoms in total. The van der Waals surface area contributed by atoms with Crippen LogP contribution in [0.25, 0.3) is 11.1 Å². The lowest BCUT2D eigenvalue weighted by molar-refractivity contribution is 0.0495. The van der Waals surface area contributed by atoms with Gasteiger partial charge in [0.15, 0.2) is 0 Å². The number of amides is 1. The molecule has 2 aromatic rings. The van der Waals surface area contributed by atoms with E-state index in [0.717, 1.165) is 35.1 Å². The summed E-state index contributed by atoms with van der Waals surface area (Å²) in [6.45, 7) is 5.64. The summed E-state index contributed by atoms with van der Waals surface area (Å²) in [5, 5.41) is 12.2. The number of hydrogen-bond donors (Lipinski definition) is 2. The first kappa shape index (κ1) is 17.5. The van der Waals surface area contributed by atoms with Crippen molar-refractivity contribution in [1.29, 1.82) is 0 Å². The van der Waals surface area contributed by atoms with Crippen LogP contribution in [0.2, 0.25) is 0 Å². The van der Waals surface area contributed by atoms with E-state index in [9.17, 15) is 9.90 Å². The van der Waals surface area contributed by atoms with E-state index in [4.69, 9.17) is 4.74 Å². The third-order valence-corrected chi connectivity index (χ3v) is 4.38. The molecular formula is C21H25NO3. The first-order valence-corrected chi connectivity index (χ1v) is 8.63. The van der Waals surface area contributed by atoms with E-state index in [0.29, 0.717) is 0 Å². The van der Waals surface area contributed by atoms with Crippen LogP contribution in [0, 0.1) is 0 Å². The summed E-state index contributed by atoms with van der Waals surface area (Å²) in [5.41, 5.74) is 3.36. The van der Waals surface area contributed by atoms with Gasteiger partial charge in [0.05, 0.1) is 12.1 Å². The summed E-state index contributed by atoms with van der Waals surface area (Å²) in [7, 11) is 0. The van der Waals surface area contributed by atoms with Crippen LogP contribution in [0.3, 0.4) is 0 Å². The molecule has 0 radical (unpaired) electrons. The molecule has 0 spiro atoms. The Morgan fingerprint density at radius 3 is 2.36 bits per heavy atom. The largest absolute Gasteiger partial charge is 0.444 e. The van der Waals surface area contributed by atoms with Crippen molar-refractivity contribution in [1.82, 2.24) is 5.32 Å². The van der Waals surface area contributed by atoms with E-state index in [2.05, 4.69) is 23.5 Å². The number of aliphatic hydroxyl groups excluding tert-OH is 1. The molecule has 2 N–H and O–H groups in total. The van der Waals surface area contributed by atoms with E-state index >= 15 is 0 Å². The molecular weight excluding hydrogens is 314 g/mol. The molecule has 1 fully saturated rings. The Morgan fingerprint density at radius 1 is 1.12 bits per heavy atom. The van der Waals surface area contributed by atoms with Crippen molar-refractivity contribution >= 4 is 6.09 Å². The number of carbonyl (C=O) groups excluding carboxylic acids is 1. The molecule has 0 bridgehead atoms. The van der Waals surface area contributed by atoms with Gasteiger partial charge >= 0.3 is 6.09 Å². The second-order valence-corrected chi connectivity index (χ2v) is 7.64. The summed E-state index contributed by atoms with van der Waals surface area (Å²) < 4.78 is 5.40. The maximum atomic E-state index is 12.2. The van der Waals surface area contributed by atoms with Crippen LogP contribution in [0.5, 0.6) is 0 Å². The minimum absolute atomic E-state index is 0.0449. The molecule has 0 aliphatic heterocycles. The van der Waals surface area contributed by atoms with Gasteiger partial charge in [-0.2, -0.15) is 0 Å². The van der Waals surface area contributed by atoms with Gasteiger partial charge in [-0.15, -0.1) is 0 Å². The third-order valence-electron chi connectivity index (χ3n) is 4.38. The van der Waals surface area contributed by atoms with Gasteiger partial charge in [-0.1, -0.05) is 42.5 Å². The van der Waals surface area contributed by atoms with Crippen molar-refractivity contribution in [2.75, 3.05) is 0 Å². The Labute approximate surface area is 148 Å². The fourth-order valence-electron chi connectivity index (χ4n) is 2.91. The minimum atomic E-state index is -0.504. The predicted molar refractivity (Wildman–Crippen MR) is 98.1 cm³/mol. The van der Waals surface area contributed by atoms with Crippen molar-refractivity contribution in [3.63, 3.8) is 0 Å². The molecule has 1 amide bonds. The van der Waals surface area contributed by atoms with Crippen LogP contribution in [0.15, 0.2) is 48.5 Å². The topological polar surface area (TPSA) is 58.6 Å². The smallest absolute Gasteiger partial charge is 0.408 e. The van der Waals surface area contributed by atoms with Crippen molar-refractivity contribution < 1.29 is 14.6 Å². The van der Waals surface area contributed by atoms with Gasteiger partial charge in [0.2, 0.25) is 0 Å². The van der Waals surface area contributed by atoms with Crippen molar-refractivity contribution in [3.05, 3.63) is 59.7 Å². The van der Waals surface area contributed by atoms with Gasteiger partial charge in [0.25, 0.3) is 0 Å². The van der Waals surface area contributed by atoms with E-state index < -0.39 is 5.60 Å². The molecule has 0 saturated heterocycles. The lowest BCUT2D eigenvalue weighted by atomic mass is 9.97. The Bertz CT molecular complexity index is 755. The number of benzene rings is 2. The number of ether oxygens (including phenoxy) is 1. The Morgan fingerprint density at radius 2 is 1.80 bits per heavy atom. The zero-order chi connectivity index (χ0) is 18.1. The molecule has 0 atom stereocenters. The molecule has 1 aliphatic carbocycles. The molecule has 3 rings (SSSR count). The standard InChI is InChI=1S/C21H25NO3/c1-20(2,3)25-19(24)22-21(11-12-21)18-6-4-5-17(13-18)16-9-7-15(14-23)8-10-16/h4-10,13,23H,11-12,14H2,1-3H3,(H,22,24). The molecule has 0 unspecified atom stereocenters. The number of rotatable bonds is 4. The van der Waals surface area contributed by atoms with Crippen LogP contribution >= 0.6 is 0 Å². The van der Waals surface area contributed by atoms with E-state index in [1.165, 1.54) is 0 Å². The Balaban J connectivity index is 1.80. The van der Waals surface area contributed by atoms with Crippen LogP contribution < -0.4 is 5.32 Å². The average molecular weight is 339 g/mol. The summed E-state index contributed by atoms with van der Waals surface area (Å²) in [5.74, 6) is 0. The summed E-state index contributed by atoms with van der Waals surface area (Å²) in [6, 6.07) is 16.1. The summed E-state index contributed by atoms with van der Waals surface area (Å²) >= 11 is 0. The zero-order valence-corrected chi connectivity index (χ0v) is 15.0. The minimum Gasteiger partial charge on any atom is -0.444 e. The second kappa shape index (κ2) is 6.52. The highest BCUT2D eigenvalue weighted by Gasteiger charge is 2.46. The fourth-order valence-corrected chi connectivity index (χ4v) is 2.91. The first-order valence-electron chi connectivity index (χ1n) is 8.63. The van der Waals surface area contributed by atoms with E-state index in [1.54, 1.807) is 0 Å². The Hall–Kier alpha value is -2.33. The summed E-state index contributed by atoms with van der Waals surface area (Å²) in [6.07, 6.45) is 1.46. The molecule has 4 heteroatoms. The molecule has 1 saturated carbocycles. The number of carbonyl (C=O) groups is 1. The van der Waals surface area contributed by atoms with Gasteiger partial charge in [-0.25, -0.2) is 4.79 Å². The van der Waals surface area contributed by atoms with Gasteiger partial charge < -0.3 is 15.2 Å². The maximum absolute atomic E-state index is 12.2. The van der Waals surface area contributed by atoms with Crippen molar-refractivity contribution in [2.45, 2.75) is 51.4 Å². The van der Waals surface area contributed by atoms with Crippen molar-refractivity contribution in [2.24, 2.45) is 0 Å².